The highest BCUT2D eigenvalue weighted by Crippen LogP contribution is 2.17. The van der Waals surface area contributed by atoms with Gasteiger partial charge in [0.2, 0.25) is 10.0 Å². The van der Waals surface area contributed by atoms with Gasteiger partial charge in [-0.3, -0.25) is 0 Å². The molecule has 2 unspecified atom stereocenters. The second-order valence-electron chi connectivity index (χ2n) is 4.15. The maximum absolute atomic E-state index is 12.0. The minimum atomic E-state index is -3.50. The molecule has 2 N–H and O–H groups in total. The molecule has 0 saturated carbocycles. The molecular formula is C12H19NO3S2. The smallest absolute Gasteiger partial charge is 0.240 e. The van der Waals surface area contributed by atoms with E-state index in [1.165, 1.54) is 12.1 Å². The van der Waals surface area contributed by atoms with E-state index >= 15 is 0 Å². The number of hydrogen-bond acceptors (Lipinski definition) is 4. The second-order valence-corrected chi connectivity index (χ2v) is 7.19. The van der Waals surface area contributed by atoms with Crippen LogP contribution < -0.4 is 4.72 Å². The number of aliphatic hydroxyl groups is 1. The van der Waals surface area contributed by atoms with Gasteiger partial charge in [0.05, 0.1) is 11.0 Å². The molecule has 0 amide bonds. The lowest BCUT2D eigenvalue weighted by Gasteiger charge is -2.12. The lowest BCUT2D eigenvalue weighted by molar-refractivity contribution is 0.199. The van der Waals surface area contributed by atoms with E-state index in [1.54, 1.807) is 30.8 Å². The minimum absolute atomic E-state index is 0.189. The Morgan fingerprint density at radius 2 is 2.06 bits per heavy atom. The van der Waals surface area contributed by atoms with Crippen LogP contribution in [0.25, 0.3) is 0 Å². The first-order valence-electron chi connectivity index (χ1n) is 5.67. The van der Waals surface area contributed by atoms with Crippen molar-refractivity contribution < 1.29 is 13.5 Å². The molecule has 0 aromatic heterocycles. The third kappa shape index (κ3) is 4.28. The summed E-state index contributed by atoms with van der Waals surface area (Å²) in [7, 11) is -3.50. The van der Waals surface area contributed by atoms with Crippen LogP contribution in [-0.2, 0) is 10.0 Å². The molecule has 1 aromatic carbocycles. The fourth-order valence-corrected chi connectivity index (χ4v) is 2.88. The maximum Gasteiger partial charge on any atom is 0.240 e. The molecule has 1 aromatic rings. The topological polar surface area (TPSA) is 66.4 Å². The van der Waals surface area contributed by atoms with Gasteiger partial charge in [0.25, 0.3) is 0 Å². The zero-order valence-electron chi connectivity index (χ0n) is 10.8. The Hall–Kier alpha value is -0.560. The predicted octanol–water partition coefficient (Wildman–Crippen LogP) is 1.77. The van der Waals surface area contributed by atoms with E-state index in [1.807, 2.05) is 13.2 Å². The SMILES string of the molecule is CSC(C)CNS(=O)(=O)c1cccc(C(C)O)c1. The molecule has 0 saturated heterocycles. The highest BCUT2D eigenvalue weighted by molar-refractivity contribution is 7.99. The number of thioether (sulfide) groups is 1. The van der Waals surface area contributed by atoms with E-state index in [0.29, 0.717) is 12.1 Å². The van der Waals surface area contributed by atoms with Crippen molar-refractivity contribution in [2.45, 2.75) is 30.1 Å². The van der Waals surface area contributed by atoms with Crippen molar-refractivity contribution in [2.24, 2.45) is 0 Å². The Labute approximate surface area is 113 Å². The highest BCUT2D eigenvalue weighted by Gasteiger charge is 2.16. The van der Waals surface area contributed by atoms with Crippen LogP contribution in [0.2, 0.25) is 0 Å². The van der Waals surface area contributed by atoms with Crippen molar-refractivity contribution in [3.8, 4) is 0 Å². The molecule has 0 aliphatic heterocycles. The molecule has 2 atom stereocenters. The molecule has 1 rings (SSSR count). The van der Waals surface area contributed by atoms with Gasteiger partial charge in [-0.1, -0.05) is 19.1 Å². The van der Waals surface area contributed by atoms with Crippen LogP contribution in [0, 0.1) is 0 Å². The summed E-state index contributed by atoms with van der Waals surface area (Å²) in [6.45, 7) is 3.96. The summed E-state index contributed by atoms with van der Waals surface area (Å²) in [4.78, 5) is 0.189. The predicted molar refractivity (Wildman–Crippen MR) is 75.2 cm³/mol. The number of aliphatic hydroxyl groups excluding tert-OH is 1. The average molecular weight is 289 g/mol. The van der Waals surface area contributed by atoms with Gasteiger partial charge in [-0.05, 0) is 30.9 Å². The largest absolute Gasteiger partial charge is 0.389 e. The summed E-state index contributed by atoms with van der Waals surface area (Å²) in [5, 5.41) is 9.67. The van der Waals surface area contributed by atoms with E-state index in [0.717, 1.165) is 0 Å². The summed E-state index contributed by atoms with van der Waals surface area (Å²) in [5.41, 5.74) is 0.593. The Bertz CT molecular complexity index is 486. The Morgan fingerprint density at radius 1 is 1.39 bits per heavy atom. The first-order chi connectivity index (χ1) is 8.36. The number of sulfonamides is 1. The van der Waals surface area contributed by atoms with Crippen molar-refractivity contribution in [1.29, 1.82) is 0 Å². The van der Waals surface area contributed by atoms with Gasteiger partial charge in [0.15, 0.2) is 0 Å². The summed E-state index contributed by atoms with van der Waals surface area (Å²) in [6, 6.07) is 6.36. The lowest BCUT2D eigenvalue weighted by atomic mass is 10.1. The number of nitrogens with one attached hydrogen (secondary N) is 1. The van der Waals surface area contributed by atoms with Crippen LogP contribution in [0.1, 0.15) is 25.5 Å². The Morgan fingerprint density at radius 3 is 2.61 bits per heavy atom. The van der Waals surface area contributed by atoms with Gasteiger partial charge in [-0.2, -0.15) is 11.8 Å². The molecule has 0 fully saturated rings. The van der Waals surface area contributed by atoms with Crippen LogP contribution in [0.15, 0.2) is 29.2 Å². The van der Waals surface area contributed by atoms with Crippen molar-refractivity contribution in [1.82, 2.24) is 4.72 Å². The van der Waals surface area contributed by atoms with E-state index in [2.05, 4.69) is 4.72 Å². The van der Waals surface area contributed by atoms with Crippen LogP contribution in [0.5, 0.6) is 0 Å². The zero-order chi connectivity index (χ0) is 13.8. The third-order valence-electron chi connectivity index (χ3n) is 2.61. The maximum atomic E-state index is 12.0. The molecule has 0 aliphatic carbocycles. The van der Waals surface area contributed by atoms with E-state index in [9.17, 15) is 13.5 Å². The van der Waals surface area contributed by atoms with Gasteiger partial charge < -0.3 is 5.11 Å². The normalized spacial score (nSPS) is 15.3. The molecule has 0 radical (unpaired) electrons. The van der Waals surface area contributed by atoms with E-state index in [4.69, 9.17) is 0 Å². The molecule has 0 heterocycles. The first kappa shape index (κ1) is 15.5. The molecule has 6 heteroatoms. The monoisotopic (exact) mass is 289 g/mol. The molecule has 102 valence electrons. The zero-order valence-corrected chi connectivity index (χ0v) is 12.4. The molecular weight excluding hydrogens is 270 g/mol. The van der Waals surface area contributed by atoms with Crippen molar-refractivity contribution in [3.63, 3.8) is 0 Å². The Kier molecular flexibility index (Phi) is 5.65. The van der Waals surface area contributed by atoms with Crippen LogP contribution >= 0.6 is 11.8 Å². The molecule has 0 bridgehead atoms. The fourth-order valence-electron chi connectivity index (χ4n) is 1.34. The van der Waals surface area contributed by atoms with Gasteiger partial charge >= 0.3 is 0 Å². The summed E-state index contributed by atoms with van der Waals surface area (Å²) in [6.07, 6.45) is 1.26. The fraction of sp³-hybridized carbons (Fsp3) is 0.500. The van der Waals surface area contributed by atoms with Crippen LogP contribution in [0.3, 0.4) is 0 Å². The highest BCUT2D eigenvalue weighted by atomic mass is 32.2. The second kappa shape index (κ2) is 6.56. The van der Waals surface area contributed by atoms with Crippen LogP contribution in [-0.4, -0.2) is 31.6 Å². The van der Waals surface area contributed by atoms with Gasteiger partial charge in [-0.15, -0.1) is 0 Å². The molecule has 0 aliphatic rings. The van der Waals surface area contributed by atoms with E-state index in [-0.39, 0.29) is 10.1 Å². The summed E-state index contributed by atoms with van der Waals surface area (Å²) < 4.78 is 26.6. The summed E-state index contributed by atoms with van der Waals surface area (Å²) >= 11 is 1.60. The van der Waals surface area contributed by atoms with E-state index < -0.39 is 16.1 Å². The van der Waals surface area contributed by atoms with Crippen molar-refractivity contribution in [3.05, 3.63) is 29.8 Å². The lowest BCUT2D eigenvalue weighted by Crippen LogP contribution is -2.29. The summed E-state index contributed by atoms with van der Waals surface area (Å²) in [5.74, 6) is 0. The van der Waals surface area contributed by atoms with Crippen molar-refractivity contribution in [2.75, 3.05) is 12.8 Å². The number of hydrogen-bond donors (Lipinski definition) is 2. The molecule has 4 nitrogen and oxygen atoms in total. The van der Waals surface area contributed by atoms with Gasteiger partial charge in [0, 0.05) is 11.8 Å². The third-order valence-corrected chi connectivity index (χ3v) is 5.01. The quantitative estimate of drug-likeness (QED) is 0.837. The van der Waals surface area contributed by atoms with Crippen molar-refractivity contribution >= 4 is 21.8 Å². The van der Waals surface area contributed by atoms with Crippen LogP contribution in [0.4, 0.5) is 0 Å². The molecule has 18 heavy (non-hydrogen) atoms. The standard InChI is InChI=1S/C12H19NO3S2/c1-9(17-3)8-13-18(15,16)12-6-4-5-11(7-12)10(2)14/h4-7,9-10,13-14H,8H2,1-3H3. The van der Waals surface area contributed by atoms with Gasteiger partial charge in [0.1, 0.15) is 0 Å². The Balaban J connectivity index is 2.88. The molecule has 0 spiro atoms. The number of benzene rings is 1. The minimum Gasteiger partial charge on any atom is -0.389 e. The number of rotatable bonds is 6. The first-order valence-corrected chi connectivity index (χ1v) is 8.44. The average Bonchev–Trinajstić information content (AvgIpc) is 2.36. The van der Waals surface area contributed by atoms with Gasteiger partial charge in [-0.25, -0.2) is 13.1 Å².